The van der Waals surface area contributed by atoms with Gasteiger partial charge in [0.05, 0.1) is 22.6 Å². The predicted octanol–water partition coefficient (Wildman–Crippen LogP) is 19.0. The van der Waals surface area contributed by atoms with Crippen LogP contribution in [0.25, 0.3) is 144 Å². The van der Waals surface area contributed by atoms with Gasteiger partial charge in [0.25, 0.3) is 0 Å². The molecular weight excluding hydrogens is 895 g/mol. The smallest absolute Gasteiger partial charge is 0.160 e. The molecule has 0 saturated carbocycles. The molecule has 0 aliphatic rings. The fraction of sp³-hybridized carbons (Fsp3) is 0. The van der Waals surface area contributed by atoms with Crippen LogP contribution in [0.1, 0.15) is 0 Å². The molecule has 14 rings (SSSR count). The van der Waals surface area contributed by atoms with E-state index < -0.39 is 0 Å². The predicted molar refractivity (Wildman–Crippen MR) is 311 cm³/mol. The van der Waals surface area contributed by atoms with Gasteiger partial charge in [-0.2, -0.15) is 0 Å². The number of rotatable bonds is 8. The zero-order chi connectivity index (χ0) is 49.0. The minimum atomic E-state index is 0.674. The lowest BCUT2D eigenvalue weighted by atomic mass is 9.91. The Balaban J connectivity index is 0.892. The Morgan fingerprint density at radius 2 is 0.716 bits per heavy atom. The Hall–Kier alpha value is -9.83. The second-order valence-corrected chi connectivity index (χ2v) is 19.1. The van der Waals surface area contributed by atoms with E-state index in [9.17, 15) is 0 Å². The highest BCUT2D eigenvalue weighted by molar-refractivity contribution is 6.24. The quantitative estimate of drug-likeness (QED) is 0.143. The van der Waals surface area contributed by atoms with Crippen molar-refractivity contribution in [3.8, 4) is 89.7 Å². The molecular formula is C71H45N3. The zero-order valence-electron chi connectivity index (χ0n) is 40.3. The topological polar surface area (TPSA) is 38.7 Å². The minimum Gasteiger partial charge on any atom is -0.246 e. The molecule has 0 spiro atoms. The lowest BCUT2D eigenvalue weighted by Crippen LogP contribution is -1.96. The van der Waals surface area contributed by atoms with E-state index in [1.54, 1.807) is 0 Å². The van der Waals surface area contributed by atoms with Crippen LogP contribution in [0.2, 0.25) is 0 Å². The molecule has 12 aromatic carbocycles. The Labute approximate surface area is 429 Å². The summed E-state index contributed by atoms with van der Waals surface area (Å²) in [5.41, 5.74) is 16.8. The van der Waals surface area contributed by atoms with Gasteiger partial charge in [0, 0.05) is 44.0 Å². The van der Waals surface area contributed by atoms with Gasteiger partial charge in [0.2, 0.25) is 0 Å². The molecule has 2 heterocycles. The van der Waals surface area contributed by atoms with Gasteiger partial charge in [-0.05, 0) is 95.5 Å². The molecule has 0 fully saturated rings. The van der Waals surface area contributed by atoms with Crippen molar-refractivity contribution in [2.75, 3.05) is 0 Å². The van der Waals surface area contributed by atoms with E-state index in [0.29, 0.717) is 5.82 Å². The van der Waals surface area contributed by atoms with Gasteiger partial charge >= 0.3 is 0 Å². The van der Waals surface area contributed by atoms with Crippen LogP contribution in [0.4, 0.5) is 0 Å². The van der Waals surface area contributed by atoms with Crippen LogP contribution in [0.5, 0.6) is 0 Å². The summed E-state index contributed by atoms with van der Waals surface area (Å²) in [6.07, 6.45) is 0. The normalized spacial score (nSPS) is 11.5. The molecule has 74 heavy (non-hydrogen) atoms. The maximum absolute atomic E-state index is 5.66. The van der Waals surface area contributed by atoms with Gasteiger partial charge in [0.15, 0.2) is 5.82 Å². The molecule has 0 aliphatic carbocycles. The molecule has 0 unspecified atom stereocenters. The molecule has 0 saturated heterocycles. The van der Waals surface area contributed by atoms with Crippen molar-refractivity contribution < 1.29 is 0 Å². The van der Waals surface area contributed by atoms with E-state index in [1.165, 1.54) is 48.8 Å². The van der Waals surface area contributed by atoms with Crippen molar-refractivity contribution in [1.29, 1.82) is 0 Å². The monoisotopic (exact) mass is 939 g/mol. The molecule has 0 bridgehead atoms. The number of hydrogen-bond donors (Lipinski definition) is 0. The molecule has 2 aromatic heterocycles. The lowest BCUT2D eigenvalue weighted by molar-refractivity contribution is 1.18. The highest BCUT2D eigenvalue weighted by atomic mass is 14.9. The molecule has 0 atom stereocenters. The van der Waals surface area contributed by atoms with Gasteiger partial charge in [0.1, 0.15) is 0 Å². The van der Waals surface area contributed by atoms with Crippen molar-refractivity contribution >= 4 is 54.0 Å². The Kier molecular flexibility index (Phi) is 10.5. The second-order valence-electron chi connectivity index (χ2n) is 19.1. The number of fused-ring (bicyclic) bond motifs is 8. The van der Waals surface area contributed by atoms with Crippen LogP contribution in [-0.2, 0) is 0 Å². The summed E-state index contributed by atoms with van der Waals surface area (Å²) in [6, 6.07) is 97.7. The maximum atomic E-state index is 5.66. The Morgan fingerprint density at radius 1 is 0.216 bits per heavy atom. The molecule has 0 amide bonds. The first kappa shape index (κ1) is 43.0. The van der Waals surface area contributed by atoms with Gasteiger partial charge in [-0.3, -0.25) is 0 Å². The summed E-state index contributed by atoms with van der Waals surface area (Å²) in [7, 11) is 0. The number of aromatic nitrogens is 3. The summed E-state index contributed by atoms with van der Waals surface area (Å²) in [6.45, 7) is 0. The highest BCUT2D eigenvalue weighted by Gasteiger charge is 2.18. The third-order valence-corrected chi connectivity index (χ3v) is 14.7. The fourth-order valence-corrected chi connectivity index (χ4v) is 11.0. The number of para-hydroxylation sites is 1. The SMILES string of the molecule is c1ccc(-c2cccc(-c3cc(-c4ccc(-c5cccc6c5nc(-c5ccc(-c7cc8ccccc8c8ccccc78)cc5)c5ccc7ccccc7c56)cc4)nc(-c4cccc(-c5ccccc5)c4)n3)c2)cc1. The summed E-state index contributed by atoms with van der Waals surface area (Å²) in [5, 5.41) is 10.9. The van der Waals surface area contributed by atoms with Crippen LogP contribution in [0.3, 0.4) is 0 Å². The number of nitrogens with zero attached hydrogens (tertiary/aromatic N) is 3. The van der Waals surface area contributed by atoms with Crippen LogP contribution in [0.15, 0.2) is 273 Å². The van der Waals surface area contributed by atoms with Crippen LogP contribution in [-0.4, -0.2) is 15.0 Å². The highest BCUT2D eigenvalue weighted by Crippen LogP contribution is 2.42. The van der Waals surface area contributed by atoms with Crippen molar-refractivity contribution in [3.05, 3.63) is 273 Å². The summed E-state index contributed by atoms with van der Waals surface area (Å²) >= 11 is 0. The third kappa shape index (κ3) is 7.67. The summed E-state index contributed by atoms with van der Waals surface area (Å²) in [5.74, 6) is 0.674. The molecule has 0 aliphatic heterocycles. The lowest BCUT2D eigenvalue weighted by Gasteiger charge is -2.16. The largest absolute Gasteiger partial charge is 0.246 e. The summed E-state index contributed by atoms with van der Waals surface area (Å²) < 4.78 is 0. The first-order chi connectivity index (χ1) is 36.7. The first-order valence-electron chi connectivity index (χ1n) is 25.2. The van der Waals surface area contributed by atoms with Crippen molar-refractivity contribution in [1.82, 2.24) is 15.0 Å². The average molecular weight is 940 g/mol. The molecule has 14 aromatic rings. The fourth-order valence-electron chi connectivity index (χ4n) is 11.0. The summed E-state index contributed by atoms with van der Waals surface area (Å²) in [4.78, 5) is 16.2. The van der Waals surface area contributed by atoms with E-state index in [-0.39, 0.29) is 0 Å². The van der Waals surface area contributed by atoms with Crippen LogP contribution in [0, 0.1) is 0 Å². The van der Waals surface area contributed by atoms with Gasteiger partial charge < -0.3 is 0 Å². The van der Waals surface area contributed by atoms with Crippen molar-refractivity contribution in [3.63, 3.8) is 0 Å². The van der Waals surface area contributed by atoms with Crippen LogP contribution < -0.4 is 0 Å². The Bertz CT molecular complexity index is 4350. The van der Waals surface area contributed by atoms with Crippen molar-refractivity contribution in [2.24, 2.45) is 0 Å². The van der Waals surface area contributed by atoms with Gasteiger partial charge in [-0.25, -0.2) is 15.0 Å². The molecule has 3 heteroatoms. The van der Waals surface area contributed by atoms with E-state index in [0.717, 1.165) is 89.0 Å². The van der Waals surface area contributed by atoms with E-state index in [2.05, 4.69) is 267 Å². The van der Waals surface area contributed by atoms with E-state index in [1.807, 2.05) is 6.07 Å². The average Bonchev–Trinajstić information content (AvgIpc) is 3.49. The van der Waals surface area contributed by atoms with E-state index in [4.69, 9.17) is 15.0 Å². The third-order valence-electron chi connectivity index (χ3n) is 14.7. The Morgan fingerprint density at radius 3 is 1.43 bits per heavy atom. The van der Waals surface area contributed by atoms with Gasteiger partial charge in [-0.15, -0.1) is 0 Å². The van der Waals surface area contributed by atoms with Crippen molar-refractivity contribution in [2.45, 2.75) is 0 Å². The molecule has 344 valence electrons. The van der Waals surface area contributed by atoms with E-state index >= 15 is 0 Å². The maximum Gasteiger partial charge on any atom is 0.160 e. The molecule has 0 N–H and O–H groups in total. The van der Waals surface area contributed by atoms with Crippen LogP contribution >= 0.6 is 0 Å². The first-order valence-corrected chi connectivity index (χ1v) is 25.2. The zero-order valence-corrected chi connectivity index (χ0v) is 40.3. The number of benzene rings is 12. The second kappa shape index (κ2) is 18.1. The van der Waals surface area contributed by atoms with Gasteiger partial charge in [-0.1, -0.05) is 249 Å². The molecule has 3 nitrogen and oxygen atoms in total. The number of hydrogen-bond acceptors (Lipinski definition) is 3. The standard InChI is InChI=1S/C71H45N3/c1-3-16-46(17-4-1)53-22-13-24-56(42-53)67-45-66(72-71(73-67)57-25-14-23-54(43-57)47-18-5-2-6-19-47)51-36-32-49(33-37-51)60-30-15-31-63-68-59-27-10-7-20-48(59)40-41-64(68)69(74-70(60)63)52-38-34-50(35-39-52)65-44-55-21-8-9-26-58(55)61-28-11-12-29-62(61)65/h1-45H. The molecule has 0 radical (unpaired) electrons. The minimum absolute atomic E-state index is 0.674. The number of pyridine rings is 1.